The maximum absolute atomic E-state index is 11.9. The van der Waals surface area contributed by atoms with Crippen LogP contribution in [0, 0.1) is 5.92 Å². The van der Waals surface area contributed by atoms with Crippen LogP contribution in [0.4, 0.5) is 5.69 Å². The molecule has 17 heavy (non-hydrogen) atoms. The Bertz CT molecular complexity index is 499. The fourth-order valence-electron chi connectivity index (χ4n) is 2.02. The van der Waals surface area contributed by atoms with Gasteiger partial charge in [0.15, 0.2) is 0 Å². The lowest BCUT2D eigenvalue weighted by Gasteiger charge is -2.06. The van der Waals surface area contributed by atoms with E-state index < -0.39 is 10.0 Å². The molecule has 1 saturated carbocycles. The van der Waals surface area contributed by atoms with Crippen molar-refractivity contribution in [2.24, 2.45) is 5.92 Å². The lowest BCUT2D eigenvalue weighted by Crippen LogP contribution is -2.28. The van der Waals surface area contributed by atoms with E-state index in [1.165, 1.54) is 0 Å². The molecule has 0 saturated heterocycles. The largest absolute Gasteiger partial charge is 0.399 e. The van der Waals surface area contributed by atoms with E-state index >= 15 is 0 Å². The molecule has 1 aromatic rings. The van der Waals surface area contributed by atoms with Crippen LogP contribution in [0.15, 0.2) is 24.3 Å². The highest BCUT2D eigenvalue weighted by atomic mass is 32.2. The molecule has 5 heteroatoms. The molecule has 3 N–H and O–H groups in total. The molecule has 1 aromatic carbocycles. The van der Waals surface area contributed by atoms with Gasteiger partial charge in [0.25, 0.3) is 0 Å². The fourth-order valence-corrected chi connectivity index (χ4v) is 3.47. The molecule has 0 amide bonds. The van der Waals surface area contributed by atoms with Crippen LogP contribution < -0.4 is 10.5 Å². The van der Waals surface area contributed by atoms with Crippen molar-refractivity contribution in [1.29, 1.82) is 0 Å². The first-order valence-corrected chi connectivity index (χ1v) is 7.50. The van der Waals surface area contributed by atoms with Gasteiger partial charge in [-0.2, -0.15) is 0 Å². The minimum absolute atomic E-state index is 0.00493. The molecular weight excluding hydrogens is 236 g/mol. The highest BCUT2D eigenvalue weighted by molar-refractivity contribution is 7.88. The number of benzene rings is 1. The number of sulfonamides is 1. The van der Waals surface area contributed by atoms with Crippen LogP contribution in [0.25, 0.3) is 0 Å². The van der Waals surface area contributed by atoms with Crippen LogP contribution in [0.1, 0.15) is 25.3 Å². The maximum atomic E-state index is 11.9. The summed E-state index contributed by atoms with van der Waals surface area (Å²) < 4.78 is 26.5. The molecule has 0 bridgehead atoms. The van der Waals surface area contributed by atoms with Gasteiger partial charge < -0.3 is 5.73 Å². The molecule has 0 aromatic heterocycles. The van der Waals surface area contributed by atoms with Gasteiger partial charge in [0.2, 0.25) is 10.0 Å². The Hall–Kier alpha value is -1.07. The Morgan fingerprint density at radius 1 is 1.47 bits per heavy atom. The van der Waals surface area contributed by atoms with Crippen molar-refractivity contribution in [3.8, 4) is 0 Å². The number of nitrogens with one attached hydrogen (secondary N) is 1. The second-order valence-corrected chi connectivity index (χ2v) is 6.39. The molecule has 1 aliphatic rings. The Balaban J connectivity index is 1.98. The van der Waals surface area contributed by atoms with Gasteiger partial charge in [-0.1, -0.05) is 25.5 Å². The van der Waals surface area contributed by atoms with Gasteiger partial charge in [0.1, 0.15) is 0 Å². The first-order valence-electron chi connectivity index (χ1n) is 5.84. The minimum Gasteiger partial charge on any atom is -0.399 e. The van der Waals surface area contributed by atoms with Crippen LogP contribution >= 0.6 is 0 Å². The van der Waals surface area contributed by atoms with Crippen molar-refractivity contribution in [3.63, 3.8) is 0 Å². The third-order valence-corrected chi connectivity index (χ3v) is 4.46. The number of nitrogens with two attached hydrogens (primary N) is 1. The number of rotatable bonds is 5. The molecular formula is C12H18N2O2S. The standard InChI is InChI=1S/C12H18N2O2S/c1-2-10-7-12(10)14-17(15,16)8-9-4-3-5-11(13)6-9/h3-6,10,12,14H,2,7-8,13H2,1H3. The van der Waals surface area contributed by atoms with Crippen molar-refractivity contribution in [2.45, 2.75) is 31.6 Å². The van der Waals surface area contributed by atoms with Crippen LogP contribution in [0.2, 0.25) is 0 Å². The zero-order valence-electron chi connectivity index (χ0n) is 9.89. The van der Waals surface area contributed by atoms with E-state index in [0.717, 1.165) is 18.4 Å². The summed E-state index contributed by atoms with van der Waals surface area (Å²) in [5.74, 6) is 0.524. The molecule has 4 nitrogen and oxygen atoms in total. The second kappa shape index (κ2) is 4.66. The van der Waals surface area contributed by atoms with Crippen molar-refractivity contribution < 1.29 is 8.42 Å². The van der Waals surface area contributed by atoms with E-state index in [2.05, 4.69) is 11.6 Å². The van der Waals surface area contributed by atoms with E-state index in [9.17, 15) is 8.42 Å². The van der Waals surface area contributed by atoms with E-state index in [0.29, 0.717) is 11.6 Å². The monoisotopic (exact) mass is 254 g/mol. The van der Waals surface area contributed by atoms with Crippen molar-refractivity contribution in [2.75, 3.05) is 5.73 Å². The number of hydrogen-bond donors (Lipinski definition) is 2. The van der Waals surface area contributed by atoms with Crippen molar-refractivity contribution in [3.05, 3.63) is 29.8 Å². The smallest absolute Gasteiger partial charge is 0.216 e. The molecule has 0 heterocycles. The van der Waals surface area contributed by atoms with Crippen LogP contribution in [0.5, 0.6) is 0 Å². The third-order valence-electron chi connectivity index (χ3n) is 3.09. The van der Waals surface area contributed by atoms with Gasteiger partial charge in [0.05, 0.1) is 5.75 Å². The molecule has 2 rings (SSSR count). The lowest BCUT2D eigenvalue weighted by atomic mass is 10.2. The van der Waals surface area contributed by atoms with Gasteiger partial charge >= 0.3 is 0 Å². The summed E-state index contributed by atoms with van der Waals surface area (Å²) in [6.07, 6.45) is 2.00. The number of nitrogen functional groups attached to an aromatic ring is 1. The summed E-state index contributed by atoms with van der Waals surface area (Å²) >= 11 is 0. The van der Waals surface area contributed by atoms with E-state index in [1.807, 2.05) is 0 Å². The molecule has 0 spiro atoms. The Morgan fingerprint density at radius 3 is 2.82 bits per heavy atom. The number of anilines is 1. The van der Waals surface area contributed by atoms with Crippen LogP contribution in [-0.4, -0.2) is 14.5 Å². The van der Waals surface area contributed by atoms with Gasteiger partial charge in [-0.3, -0.25) is 0 Å². The average molecular weight is 254 g/mol. The van der Waals surface area contributed by atoms with Crippen LogP contribution in [0.3, 0.4) is 0 Å². The minimum atomic E-state index is -3.24. The first kappa shape index (κ1) is 12.4. The predicted octanol–water partition coefficient (Wildman–Crippen LogP) is 1.49. The van der Waals surface area contributed by atoms with Gasteiger partial charge in [0, 0.05) is 11.7 Å². The maximum Gasteiger partial charge on any atom is 0.216 e. The predicted molar refractivity (Wildman–Crippen MR) is 68.8 cm³/mol. The quantitative estimate of drug-likeness (QED) is 0.782. The van der Waals surface area contributed by atoms with E-state index in [1.54, 1.807) is 24.3 Å². The van der Waals surface area contributed by atoms with Gasteiger partial charge in [-0.25, -0.2) is 13.1 Å². The lowest BCUT2D eigenvalue weighted by molar-refractivity contribution is 0.575. The van der Waals surface area contributed by atoms with Crippen LogP contribution in [-0.2, 0) is 15.8 Å². The first-order chi connectivity index (χ1) is 8.00. The highest BCUT2D eigenvalue weighted by Crippen LogP contribution is 2.33. The summed E-state index contributed by atoms with van der Waals surface area (Å²) in [5.41, 5.74) is 6.94. The Labute approximate surface area is 102 Å². The number of hydrogen-bond acceptors (Lipinski definition) is 3. The normalized spacial score (nSPS) is 23.6. The zero-order valence-corrected chi connectivity index (χ0v) is 10.7. The highest BCUT2D eigenvalue weighted by Gasteiger charge is 2.38. The molecule has 0 aliphatic heterocycles. The van der Waals surface area contributed by atoms with Crippen molar-refractivity contribution in [1.82, 2.24) is 4.72 Å². The summed E-state index contributed by atoms with van der Waals surface area (Å²) in [4.78, 5) is 0. The molecule has 1 aliphatic carbocycles. The molecule has 2 unspecified atom stereocenters. The SMILES string of the molecule is CCC1CC1NS(=O)(=O)Cc1cccc(N)c1. The molecule has 2 atom stereocenters. The molecule has 94 valence electrons. The summed E-state index contributed by atoms with van der Waals surface area (Å²) in [6, 6.07) is 7.14. The molecule has 1 fully saturated rings. The average Bonchev–Trinajstić information content (AvgIpc) is 2.94. The van der Waals surface area contributed by atoms with E-state index in [4.69, 9.17) is 5.73 Å². The van der Waals surface area contributed by atoms with Gasteiger partial charge in [-0.15, -0.1) is 0 Å². The fraction of sp³-hybridized carbons (Fsp3) is 0.500. The summed E-state index contributed by atoms with van der Waals surface area (Å²) in [7, 11) is -3.24. The zero-order chi connectivity index (χ0) is 12.5. The van der Waals surface area contributed by atoms with E-state index in [-0.39, 0.29) is 11.8 Å². The summed E-state index contributed by atoms with van der Waals surface area (Å²) in [6.45, 7) is 2.08. The molecule has 0 radical (unpaired) electrons. The van der Waals surface area contributed by atoms with Gasteiger partial charge in [-0.05, 0) is 30.0 Å². The second-order valence-electron chi connectivity index (χ2n) is 4.63. The van der Waals surface area contributed by atoms with Crippen molar-refractivity contribution >= 4 is 15.7 Å². The topological polar surface area (TPSA) is 72.2 Å². The Kier molecular flexibility index (Phi) is 3.40. The Morgan fingerprint density at radius 2 is 2.24 bits per heavy atom. The third kappa shape index (κ3) is 3.44. The summed E-state index contributed by atoms with van der Waals surface area (Å²) in [5, 5.41) is 0.